The summed E-state index contributed by atoms with van der Waals surface area (Å²) in [7, 11) is 0. The molecule has 0 saturated carbocycles. The summed E-state index contributed by atoms with van der Waals surface area (Å²) in [6.07, 6.45) is 0. The summed E-state index contributed by atoms with van der Waals surface area (Å²) in [6, 6.07) is 16.1. The Balaban J connectivity index is 2.01. The topological polar surface area (TPSA) is 29.1 Å². The Morgan fingerprint density at radius 3 is 2.45 bits per heavy atom. The van der Waals surface area contributed by atoms with Gasteiger partial charge in [-0.1, -0.05) is 49.4 Å². The molecule has 0 heterocycles. The Kier molecular flexibility index (Phi) is 4.57. The lowest BCUT2D eigenvalue weighted by Gasteiger charge is -2.14. The van der Waals surface area contributed by atoms with Crippen LogP contribution in [-0.2, 0) is 0 Å². The van der Waals surface area contributed by atoms with Gasteiger partial charge in [-0.15, -0.1) is 0 Å². The van der Waals surface area contributed by atoms with E-state index in [0.717, 1.165) is 16.7 Å². The molecule has 0 radical (unpaired) electrons. The highest BCUT2D eigenvalue weighted by molar-refractivity contribution is 5.95. The molecule has 0 aliphatic carbocycles. The maximum absolute atomic E-state index is 12.2. The zero-order valence-electron chi connectivity index (χ0n) is 12.3. The lowest BCUT2D eigenvalue weighted by atomic mass is 10.0. The Morgan fingerprint density at radius 1 is 1.05 bits per heavy atom. The molecule has 1 amide bonds. The molecule has 2 rings (SSSR count). The summed E-state index contributed by atoms with van der Waals surface area (Å²) in [4.78, 5) is 12.2. The summed E-state index contributed by atoms with van der Waals surface area (Å²) >= 11 is 0. The predicted octanol–water partition coefficient (Wildman–Crippen LogP) is 3.84. The number of nitrogens with one attached hydrogen (secondary N) is 1. The first-order chi connectivity index (χ1) is 9.59. The monoisotopic (exact) mass is 267 g/mol. The van der Waals surface area contributed by atoms with Crippen molar-refractivity contribution in [2.24, 2.45) is 0 Å². The van der Waals surface area contributed by atoms with Crippen molar-refractivity contribution in [1.82, 2.24) is 5.32 Å². The molecule has 0 aromatic heterocycles. The number of hydrogen-bond donors (Lipinski definition) is 1. The summed E-state index contributed by atoms with van der Waals surface area (Å²) < 4.78 is 0. The number of amides is 1. The van der Waals surface area contributed by atoms with Gasteiger partial charge in [-0.2, -0.15) is 0 Å². The fraction of sp³-hybridized carbons (Fsp3) is 0.278. The molecule has 0 saturated heterocycles. The predicted molar refractivity (Wildman–Crippen MR) is 83.1 cm³/mol. The minimum absolute atomic E-state index is 0.00832. The van der Waals surface area contributed by atoms with Gasteiger partial charge < -0.3 is 5.32 Å². The van der Waals surface area contributed by atoms with Crippen LogP contribution in [0.25, 0.3) is 0 Å². The van der Waals surface area contributed by atoms with Gasteiger partial charge in [0.1, 0.15) is 0 Å². The van der Waals surface area contributed by atoms with E-state index in [4.69, 9.17) is 0 Å². The van der Waals surface area contributed by atoms with E-state index in [1.165, 1.54) is 5.56 Å². The average molecular weight is 267 g/mol. The van der Waals surface area contributed by atoms with Crippen LogP contribution in [0.2, 0.25) is 0 Å². The molecule has 2 aromatic carbocycles. The molecule has 104 valence electrons. The van der Waals surface area contributed by atoms with Crippen molar-refractivity contribution in [1.29, 1.82) is 0 Å². The summed E-state index contributed by atoms with van der Waals surface area (Å²) in [5.41, 5.74) is 4.21. The van der Waals surface area contributed by atoms with E-state index in [0.29, 0.717) is 12.5 Å². The number of hydrogen-bond acceptors (Lipinski definition) is 1. The molecule has 0 bridgehead atoms. The van der Waals surface area contributed by atoms with E-state index in [1.807, 2.05) is 50.2 Å². The minimum Gasteiger partial charge on any atom is -0.351 e. The third-order valence-electron chi connectivity index (χ3n) is 3.79. The Hall–Kier alpha value is -2.09. The standard InChI is InChI=1S/C18H21NO/c1-13-8-7-11-17(15(13)3)18(20)19-12-14(2)16-9-5-4-6-10-16/h4-11,14H,12H2,1-3H3,(H,19,20). The summed E-state index contributed by atoms with van der Waals surface area (Å²) in [5.74, 6) is 0.319. The van der Waals surface area contributed by atoms with E-state index < -0.39 is 0 Å². The van der Waals surface area contributed by atoms with E-state index in [1.54, 1.807) is 0 Å². The molecule has 20 heavy (non-hydrogen) atoms. The van der Waals surface area contributed by atoms with E-state index in [2.05, 4.69) is 24.4 Å². The van der Waals surface area contributed by atoms with Crippen LogP contribution in [0, 0.1) is 13.8 Å². The molecule has 2 nitrogen and oxygen atoms in total. The maximum Gasteiger partial charge on any atom is 0.251 e. The maximum atomic E-state index is 12.2. The first-order valence-electron chi connectivity index (χ1n) is 6.99. The van der Waals surface area contributed by atoms with Crippen LogP contribution in [-0.4, -0.2) is 12.5 Å². The second-order valence-corrected chi connectivity index (χ2v) is 5.27. The third-order valence-corrected chi connectivity index (χ3v) is 3.79. The smallest absolute Gasteiger partial charge is 0.251 e. The SMILES string of the molecule is Cc1cccc(C(=O)NCC(C)c2ccccc2)c1C. The highest BCUT2D eigenvalue weighted by Gasteiger charge is 2.11. The normalized spacial score (nSPS) is 11.9. The Labute approximate surface area is 120 Å². The largest absolute Gasteiger partial charge is 0.351 e. The van der Waals surface area contributed by atoms with Gasteiger partial charge in [-0.3, -0.25) is 4.79 Å². The van der Waals surface area contributed by atoms with Crippen LogP contribution in [0.3, 0.4) is 0 Å². The molecule has 1 unspecified atom stereocenters. The highest BCUT2D eigenvalue weighted by Crippen LogP contribution is 2.15. The van der Waals surface area contributed by atoms with Crippen LogP contribution in [0.15, 0.2) is 48.5 Å². The zero-order valence-corrected chi connectivity index (χ0v) is 12.3. The van der Waals surface area contributed by atoms with Gasteiger partial charge in [0.15, 0.2) is 0 Å². The first-order valence-corrected chi connectivity index (χ1v) is 6.99. The second-order valence-electron chi connectivity index (χ2n) is 5.27. The molecule has 1 atom stereocenters. The van der Waals surface area contributed by atoms with Gasteiger partial charge in [-0.05, 0) is 42.5 Å². The molecule has 2 aromatic rings. The van der Waals surface area contributed by atoms with Crippen LogP contribution in [0.1, 0.15) is 39.9 Å². The molecular weight excluding hydrogens is 246 g/mol. The highest BCUT2D eigenvalue weighted by atomic mass is 16.1. The lowest BCUT2D eigenvalue weighted by Crippen LogP contribution is -2.28. The third kappa shape index (κ3) is 3.27. The van der Waals surface area contributed by atoms with E-state index in [9.17, 15) is 4.79 Å². The molecule has 0 aliphatic rings. The fourth-order valence-corrected chi connectivity index (χ4v) is 2.24. The number of carbonyl (C=O) groups is 1. The second kappa shape index (κ2) is 6.38. The van der Waals surface area contributed by atoms with Crippen molar-refractivity contribution in [2.45, 2.75) is 26.7 Å². The molecule has 0 spiro atoms. The van der Waals surface area contributed by atoms with Crippen molar-refractivity contribution in [2.75, 3.05) is 6.54 Å². The number of rotatable bonds is 4. The van der Waals surface area contributed by atoms with Crippen LogP contribution in [0.5, 0.6) is 0 Å². The van der Waals surface area contributed by atoms with Crippen molar-refractivity contribution in [3.63, 3.8) is 0 Å². The summed E-state index contributed by atoms with van der Waals surface area (Å²) in [6.45, 7) is 6.79. The van der Waals surface area contributed by atoms with Crippen molar-refractivity contribution >= 4 is 5.91 Å². The Morgan fingerprint density at radius 2 is 1.75 bits per heavy atom. The van der Waals surface area contributed by atoms with Crippen LogP contribution in [0.4, 0.5) is 0 Å². The first kappa shape index (κ1) is 14.3. The summed E-state index contributed by atoms with van der Waals surface area (Å²) in [5, 5.41) is 3.03. The Bertz CT molecular complexity index is 590. The van der Waals surface area contributed by atoms with Crippen LogP contribution >= 0.6 is 0 Å². The van der Waals surface area contributed by atoms with E-state index >= 15 is 0 Å². The number of benzene rings is 2. The average Bonchev–Trinajstić information content (AvgIpc) is 2.48. The molecule has 1 N–H and O–H groups in total. The van der Waals surface area contributed by atoms with Gasteiger partial charge in [0.2, 0.25) is 0 Å². The molecular formula is C18H21NO. The van der Waals surface area contributed by atoms with E-state index in [-0.39, 0.29) is 5.91 Å². The van der Waals surface area contributed by atoms with Gasteiger partial charge >= 0.3 is 0 Å². The molecule has 0 fully saturated rings. The van der Waals surface area contributed by atoms with Crippen LogP contribution < -0.4 is 5.32 Å². The van der Waals surface area contributed by atoms with Gasteiger partial charge in [-0.25, -0.2) is 0 Å². The lowest BCUT2D eigenvalue weighted by molar-refractivity contribution is 0.0951. The van der Waals surface area contributed by atoms with Crippen molar-refractivity contribution < 1.29 is 4.79 Å². The van der Waals surface area contributed by atoms with Gasteiger partial charge in [0.25, 0.3) is 5.91 Å². The minimum atomic E-state index is 0.00832. The molecule has 2 heteroatoms. The fourth-order valence-electron chi connectivity index (χ4n) is 2.24. The molecule has 0 aliphatic heterocycles. The number of carbonyl (C=O) groups excluding carboxylic acids is 1. The zero-order chi connectivity index (χ0) is 14.5. The van der Waals surface area contributed by atoms with Crippen molar-refractivity contribution in [3.05, 3.63) is 70.8 Å². The van der Waals surface area contributed by atoms with Crippen molar-refractivity contribution in [3.8, 4) is 0 Å². The number of aryl methyl sites for hydroxylation is 1. The quantitative estimate of drug-likeness (QED) is 0.896. The van der Waals surface area contributed by atoms with Gasteiger partial charge in [0.05, 0.1) is 0 Å². The van der Waals surface area contributed by atoms with Gasteiger partial charge in [0, 0.05) is 12.1 Å².